The van der Waals surface area contributed by atoms with Crippen molar-refractivity contribution in [3.63, 3.8) is 0 Å². The van der Waals surface area contributed by atoms with Gasteiger partial charge in [0.05, 0.1) is 10.0 Å². The Morgan fingerprint density at radius 2 is 2.22 bits per heavy atom. The summed E-state index contributed by atoms with van der Waals surface area (Å²) in [7, 11) is 0. The molecule has 0 aliphatic heterocycles. The maximum absolute atomic E-state index is 13.6. The Morgan fingerprint density at radius 3 is 2.94 bits per heavy atom. The summed E-state index contributed by atoms with van der Waals surface area (Å²) < 4.78 is 13.9. The number of carbonyl (C=O) groups excluding carboxylic acids is 1. The van der Waals surface area contributed by atoms with Crippen LogP contribution in [0.15, 0.2) is 39.5 Å². The van der Waals surface area contributed by atoms with Gasteiger partial charge in [-0.1, -0.05) is 6.07 Å². The van der Waals surface area contributed by atoms with Gasteiger partial charge in [0, 0.05) is 6.54 Å². The molecular weight excluding hydrogens is 317 g/mol. The van der Waals surface area contributed by atoms with E-state index < -0.39 is 5.82 Å². The van der Waals surface area contributed by atoms with Gasteiger partial charge in [-0.3, -0.25) is 4.79 Å². The van der Waals surface area contributed by atoms with Gasteiger partial charge in [0.25, 0.3) is 5.91 Å². The second-order valence-corrected chi connectivity index (χ2v) is 5.37. The van der Waals surface area contributed by atoms with Crippen LogP contribution in [0.1, 0.15) is 15.9 Å². The van der Waals surface area contributed by atoms with Crippen LogP contribution in [0.25, 0.3) is 0 Å². The summed E-state index contributed by atoms with van der Waals surface area (Å²) in [5.74, 6) is -0.908. The highest BCUT2D eigenvalue weighted by Gasteiger charge is 2.12. The van der Waals surface area contributed by atoms with E-state index in [2.05, 4.69) is 21.2 Å². The molecule has 2 rings (SSSR count). The molecule has 1 N–H and O–H groups in total. The van der Waals surface area contributed by atoms with Crippen molar-refractivity contribution < 1.29 is 9.18 Å². The average molecular weight is 328 g/mol. The first-order chi connectivity index (χ1) is 8.68. The first kappa shape index (κ1) is 13.2. The van der Waals surface area contributed by atoms with Crippen molar-refractivity contribution in [1.82, 2.24) is 5.32 Å². The van der Waals surface area contributed by atoms with E-state index in [9.17, 15) is 9.18 Å². The molecule has 0 aliphatic carbocycles. The van der Waals surface area contributed by atoms with Gasteiger partial charge in [-0.15, -0.1) is 0 Å². The number of hydrogen-bond donors (Lipinski definition) is 1. The molecular formula is C13H11BrFNOS. The number of carbonyl (C=O) groups is 1. The van der Waals surface area contributed by atoms with Crippen LogP contribution in [0.5, 0.6) is 0 Å². The fraction of sp³-hybridized carbons (Fsp3) is 0.154. The van der Waals surface area contributed by atoms with E-state index in [-0.39, 0.29) is 11.5 Å². The number of halogens is 2. The van der Waals surface area contributed by atoms with Crippen molar-refractivity contribution in [3.8, 4) is 0 Å². The van der Waals surface area contributed by atoms with Gasteiger partial charge in [0.1, 0.15) is 5.82 Å². The molecule has 0 atom stereocenters. The molecule has 1 amide bonds. The van der Waals surface area contributed by atoms with E-state index in [4.69, 9.17) is 0 Å². The number of benzene rings is 1. The molecule has 2 aromatic rings. The Hall–Kier alpha value is -1.20. The predicted molar refractivity (Wildman–Crippen MR) is 74.5 cm³/mol. The molecule has 1 heterocycles. The van der Waals surface area contributed by atoms with Gasteiger partial charge < -0.3 is 5.32 Å². The van der Waals surface area contributed by atoms with Crippen LogP contribution < -0.4 is 5.32 Å². The Morgan fingerprint density at radius 1 is 1.39 bits per heavy atom. The Balaban J connectivity index is 1.93. The summed E-state index contributed by atoms with van der Waals surface area (Å²) >= 11 is 4.68. The highest BCUT2D eigenvalue weighted by Crippen LogP contribution is 2.18. The van der Waals surface area contributed by atoms with Crippen LogP contribution in [0.4, 0.5) is 4.39 Å². The molecule has 0 spiro atoms. The van der Waals surface area contributed by atoms with Crippen molar-refractivity contribution in [2.75, 3.05) is 6.54 Å². The van der Waals surface area contributed by atoms with Gasteiger partial charge in [-0.2, -0.15) is 11.3 Å². The van der Waals surface area contributed by atoms with Crippen LogP contribution in [0, 0.1) is 5.82 Å². The highest BCUT2D eigenvalue weighted by molar-refractivity contribution is 9.10. The average Bonchev–Trinajstić information content (AvgIpc) is 2.85. The second kappa shape index (κ2) is 6.11. The maximum atomic E-state index is 13.6. The minimum absolute atomic E-state index is 0.0645. The first-order valence-corrected chi connectivity index (χ1v) is 7.15. The molecule has 2 nitrogen and oxygen atoms in total. The Labute approximate surface area is 117 Å². The summed E-state index contributed by atoms with van der Waals surface area (Å²) in [4.78, 5) is 11.8. The lowest BCUT2D eigenvalue weighted by Crippen LogP contribution is -2.26. The standard InChI is InChI=1S/C13H11BrFNOS/c14-11-3-1-2-10(12(11)15)13(17)16-6-4-9-5-7-18-8-9/h1-3,5,7-8H,4,6H2,(H,16,17). The maximum Gasteiger partial charge on any atom is 0.254 e. The van der Waals surface area contributed by atoms with E-state index in [1.807, 2.05) is 16.8 Å². The zero-order chi connectivity index (χ0) is 13.0. The molecule has 5 heteroatoms. The van der Waals surface area contributed by atoms with E-state index in [0.717, 1.165) is 6.42 Å². The van der Waals surface area contributed by atoms with Crippen molar-refractivity contribution in [2.45, 2.75) is 6.42 Å². The fourth-order valence-electron chi connectivity index (χ4n) is 1.53. The molecule has 0 saturated carbocycles. The van der Waals surface area contributed by atoms with Crippen molar-refractivity contribution in [2.24, 2.45) is 0 Å². The van der Waals surface area contributed by atoms with Crippen molar-refractivity contribution in [3.05, 3.63) is 56.4 Å². The lowest BCUT2D eigenvalue weighted by atomic mass is 10.2. The van der Waals surface area contributed by atoms with E-state index in [1.54, 1.807) is 23.5 Å². The van der Waals surface area contributed by atoms with Gasteiger partial charge in [-0.25, -0.2) is 4.39 Å². The molecule has 0 saturated heterocycles. The molecule has 0 unspecified atom stereocenters. The smallest absolute Gasteiger partial charge is 0.254 e. The second-order valence-electron chi connectivity index (χ2n) is 3.74. The number of amides is 1. The molecule has 1 aromatic heterocycles. The van der Waals surface area contributed by atoms with Crippen LogP contribution in [-0.4, -0.2) is 12.5 Å². The largest absolute Gasteiger partial charge is 0.352 e. The summed E-state index contributed by atoms with van der Waals surface area (Å²) in [5, 5.41) is 6.73. The van der Waals surface area contributed by atoms with Gasteiger partial charge >= 0.3 is 0 Å². The van der Waals surface area contributed by atoms with Gasteiger partial charge in [0.15, 0.2) is 0 Å². The summed E-state index contributed by atoms with van der Waals surface area (Å²) in [6, 6.07) is 6.69. The lowest BCUT2D eigenvalue weighted by molar-refractivity contribution is 0.0950. The molecule has 0 bridgehead atoms. The minimum atomic E-state index is -0.523. The molecule has 0 aliphatic rings. The van der Waals surface area contributed by atoms with Gasteiger partial charge in [-0.05, 0) is 56.9 Å². The minimum Gasteiger partial charge on any atom is -0.352 e. The van der Waals surface area contributed by atoms with Crippen LogP contribution >= 0.6 is 27.3 Å². The molecule has 1 aromatic carbocycles. The lowest BCUT2D eigenvalue weighted by Gasteiger charge is -2.06. The number of hydrogen-bond acceptors (Lipinski definition) is 2. The summed E-state index contributed by atoms with van der Waals surface area (Å²) in [5.41, 5.74) is 1.24. The topological polar surface area (TPSA) is 29.1 Å². The first-order valence-electron chi connectivity index (χ1n) is 5.42. The molecule has 18 heavy (non-hydrogen) atoms. The Kier molecular flexibility index (Phi) is 4.49. The Bertz CT molecular complexity index is 542. The monoisotopic (exact) mass is 327 g/mol. The van der Waals surface area contributed by atoms with Crippen LogP contribution in [0.2, 0.25) is 0 Å². The molecule has 0 radical (unpaired) electrons. The van der Waals surface area contributed by atoms with E-state index in [1.165, 1.54) is 11.6 Å². The summed E-state index contributed by atoms with van der Waals surface area (Å²) in [6.07, 6.45) is 0.755. The van der Waals surface area contributed by atoms with Crippen LogP contribution in [0.3, 0.4) is 0 Å². The number of thiophene rings is 1. The van der Waals surface area contributed by atoms with Crippen molar-refractivity contribution in [1.29, 1.82) is 0 Å². The van der Waals surface area contributed by atoms with E-state index >= 15 is 0 Å². The SMILES string of the molecule is O=C(NCCc1ccsc1)c1cccc(Br)c1F. The normalized spacial score (nSPS) is 10.3. The third-order valence-corrected chi connectivity index (χ3v) is 3.82. The molecule has 0 fully saturated rings. The predicted octanol–water partition coefficient (Wildman–Crippen LogP) is 3.62. The van der Waals surface area contributed by atoms with Crippen LogP contribution in [-0.2, 0) is 6.42 Å². The highest BCUT2D eigenvalue weighted by atomic mass is 79.9. The molecule has 94 valence electrons. The fourth-order valence-corrected chi connectivity index (χ4v) is 2.60. The van der Waals surface area contributed by atoms with E-state index in [0.29, 0.717) is 11.0 Å². The van der Waals surface area contributed by atoms with Gasteiger partial charge in [0.2, 0.25) is 0 Å². The third-order valence-electron chi connectivity index (χ3n) is 2.48. The third kappa shape index (κ3) is 3.17. The summed E-state index contributed by atoms with van der Waals surface area (Å²) in [6.45, 7) is 0.502. The quantitative estimate of drug-likeness (QED) is 0.912. The number of nitrogens with one attached hydrogen (secondary N) is 1. The zero-order valence-corrected chi connectivity index (χ0v) is 11.9. The van der Waals surface area contributed by atoms with Crippen molar-refractivity contribution >= 4 is 33.2 Å². The zero-order valence-electron chi connectivity index (χ0n) is 9.45. The number of rotatable bonds is 4.